The Morgan fingerprint density at radius 2 is 1.60 bits per heavy atom. The van der Waals surface area contributed by atoms with E-state index in [0.717, 1.165) is 21.2 Å². The lowest BCUT2D eigenvalue weighted by atomic mass is 10.0. The fraction of sp³-hybridized carbons (Fsp3) is 0.231. The highest BCUT2D eigenvalue weighted by atomic mass is 79.9. The van der Waals surface area contributed by atoms with Gasteiger partial charge in [-0.05, 0) is 28.8 Å². The van der Waals surface area contributed by atoms with Gasteiger partial charge in [0.25, 0.3) is 5.69 Å². The second kappa shape index (κ2) is 13.1. The largest absolute Gasteiger partial charge is 0.357 e. The van der Waals surface area contributed by atoms with Crippen molar-refractivity contribution in [2.24, 2.45) is 0 Å². The molecule has 0 bridgehead atoms. The fourth-order valence-corrected chi connectivity index (χ4v) is 4.70. The number of rotatable bonds is 11. The third-order valence-corrected chi connectivity index (χ3v) is 6.94. The van der Waals surface area contributed by atoms with E-state index >= 15 is 0 Å². The summed E-state index contributed by atoms with van der Waals surface area (Å²) in [5.74, 6) is 0.332. The average molecular weight is 556 g/mol. The third kappa shape index (κ3) is 7.93. The summed E-state index contributed by atoms with van der Waals surface area (Å²) in [6.45, 7) is 0.301. The second-order valence-corrected chi connectivity index (χ2v) is 9.79. The van der Waals surface area contributed by atoms with Gasteiger partial charge in [-0.1, -0.05) is 70.5 Å². The maximum absolute atomic E-state index is 13.4. The summed E-state index contributed by atoms with van der Waals surface area (Å²) in [4.78, 5) is 38.4. The molecule has 0 unspecified atom stereocenters. The summed E-state index contributed by atoms with van der Waals surface area (Å²) >= 11 is 4.84. The zero-order valence-electron chi connectivity index (χ0n) is 19.2. The number of non-ortho nitro benzene ring substituents is 1. The molecule has 3 aromatic rings. The number of nitro groups is 1. The smallest absolute Gasteiger partial charge is 0.269 e. The maximum atomic E-state index is 13.4. The van der Waals surface area contributed by atoms with Crippen LogP contribution < -0.4 is 5.32 Å². The molecule has 0 aliphatic heterocycles. The predicted octanol–water partition coefficient (Wildman–Crippen LogP) is 4.98. The lowest BCUT2D eigenvalue weighted by molar-refractivity contribution is -0.384. The molecule has 0 fully saturated rings. The van der Waals surface area contributed by atoms with E-state index in [9.17, 15) is 19.7 Å². The van der Waals surface area contributed by atoms with Gasteiger partial charge in [-0.2, -0.15) is 0 Å². The number of thioether (sulfide) groups is 1. The molecule has 0 heterocycles. The Hall–Kier alpha value is -3.17. The van der Waals surface area contributed by atoms with Crippen molar-refractivity contribution in [1.82, 2.24) is 10.2 Å². The van der Waals surface area contributed by atoms with Crippen LogP contribution in [0.1, 0.15) is 16.7 Å². The molecule has 0 aliphatic rings. The van der Waals surface area contributed by atoms with Crippen LogP contribution in [0.15, 0.2) is 83.3 Å². The number of halogens is 1. The fourth-order valence-electron chi connectivity index (χ4n) is 3.56. The molecule has 3 rings (SSSR count). The van der Waals surface area contributed by atoms with Crippen molar-refractivity contribution in [3.8, 4) is 0 Å². The van der Waals surface area contributed by atoms with Crippen LogP contribution in [0, 0.1) is 10.1 Å². The molecular formula is C26H26BrN3O4S. The number of likely N-dealkylation sites (N-methyl/N-ethyl adjacent to an activating group) is 1. The van der Waals surface area contributed by atoms with E-state index < -0.39 is 11.0 Å². The zero-order chi connectivity index (χ0) is 25.2. The Balaban J connectivity index is 1.77. The number of nitro benzene ring substituents is 1. The monoisotopic (exact) mass is 555 g/mol. The number of hydrogen-bond acceptors (Lipinski definition) is 5. The Morgan fingerprint density at radius 3 is 2.20 bits per heavy atom. The lowest BCUT2D eigenvalue weighted by Crippen LogP contribution is -2.50. The van der Waals surface area contributed by atoms with Gasteiger partial charge in [0.05, 0.1) is 10.7 Å². The number of hydrogen-bond donors (Lipinski definition) is 1. The number of benzene rings is 3. The van der Waals surface area contributed by atoms with Gasteiger partial charge < -0.3 is 10.2 Å². The number of carbonyl (C=O) groups is 2. The van der Waals surface area contributed by atoms with Gasteiger partial charge in [-0.3, -0.25) is 19.7 Å². The van der Waals surface area contributed by atoms with Crippen molar-refractivity contribution in [2.75, 3.05) is 12.8 Å². The van der Waals surface area contributed by atoms with Crippen molar-refractivity contribution in [1.29, 1.82) is 0 Å². The standard InChI is InChI=1S/C26H26BrN3O4S/c1-28-26(32)24(15-19-5-3-2-4-6-19)29(16-20-7-11-22(27)12-8-20)25(31)18-35-17-21-9-13-23(14-10-21)30(33)34/h2-14,24H,15-18H2,1H3,(H,28,32)/t24-/m0/s1. The quantitative estimate of drug-likeness (QED) is 0.266. The van der Waals surface area contributed by atoms with Crippen LogP contribution in [-0.4, -0.2) is 40.5 Å². The summed E-state index contributed by atoms with van der Waals surface area (Å²) in [5, 5.41) is 13.6. The van der Waals surface area contributed by atoms with Crippen LogP contribution >= 0.6 is 27.7 Å². The lowest BCUT2D eigenvalue weighted by Gasteiger charge is -2.31. The van der Waals surface area contributed by atoms with E-state index in [4.69, 9.17) is 0 Å². The van der Waals surface area contributed by atoms with Gasteiger partial charge in [0.15, 0.2) is 0 Å². The molecule has 182 valence electrons. The normalized spacial score (nSPS) is 11.5. The van der Waals surface area contributed by atoms with Crippen molar-refractivity contribution in [3.05, 3.63) is 110 Å². The summed E-state index contributed by atoms with van der Waals surface area (Å²) in [6.07, 6.45) is 0.399. The number of nitrogens with one attached hydrogen (secondary N) is 1. The van der Waals surface area contributed by atoms with Gasteiger partial charge in [-0.15, -0.1) is 11.8 Å². The highest BCUT2D eigenvalue weighted by molar-refractivity contribution is 9.10. The van der Waals surface area contributed by atoms with E-state index in [1.54, 1.807) is 24.1 Å². The zero-order valence-corrected chi connectivity index (χ0v) is 21.6. The number of nitrogens with zero attached hydrogens (tertiary/aromatic N) is 2. The molecule has 2 amide bonds. The Bertz CT molecular complexity index is 1140. The van der Waals surface area contributed by atoms with Crippen LogP contribution in [0.3, 0.4) is 0 Å². The van der Waals surface area contributed by atoms with Crippen LogP contribution in [0.5, 0.6) is 0 Å². The van der Waals surface area contributed by atoms with Crippen molar-refractivity contribution < 1.29 is 14.5 Å². The first-order valence-electron chi connectivity index (χ1n) is 11.0. The number of amides is 2. The van der Waals surface area contributed by atoms with E-state index in [2.05, 4.69) is 21.2 Å². The summed E-state index contributed by atoms with van der Waals surface area (Å²) < 4.78 is 0.935. The van der Waals surface area contributed by atoms with E-state index in [-0.39, 0.29) is 23.3 Å². The van der Waals surface area contributed by atoms with Crippen LogP contribution in [-0.2, 0) is 28.3 Å². The summed E-state index contributed by atoms with van der Waals surface area (Å²) in [7, 11) is 1.58. The van der Waals surface area contributed by atoms with Crippen molar-refractivity contribution >= 4 is 45.2 Å². The summed E-state index contributed by atoms with van der Waals surface area (Å²) in [5.41, 5.74) is 2.81. The van der Waals surface area contributed by atoms with Crippen LogP contribution in [0.2, 0.25) is 0 Å². The van der Waals surface area contributed by atoms with Gasteiger partial charge >= 0.3 is 0 Å². The minimum Gasteiger partial charge on any atom is -0.357 e. The van der Waals surface area contributed by atoms with Crippen molar-refractivity contribution in [2.45, 2.75) is 24.8 Å². The molecule has 9 heteroatoms. The third-order valence-electron chi connectivity index (χ3n) is 5.43. The van der Waals surface area contributed by atoms with Gasteiger partial charge in [0.1, 0.15) is 6.04 Å². The molecule has 35 heavy (non-hydrogen) atoms. The molecule has 0 radical (unpaired) electrons. The minimum absolute atomic E-state index is 0.0323. The second-order valence-electron chi connectivity index (χ2n) is 7.88. The van der Waals surface area contributed by atoms with Gasteiger partial charge in [-0.25, -0.2) is 0 Å². The molecular weight excluding hydrogens is 530 g/mol. The van der Waals surface area contributed by atoms with Crippen molar-refractivity contribution in [3.63, 3.8) is 0 Å². The topological polar surface area (TPSA) is 92.6 Å². The van der Waals surface area contributed by atoms with Crippen LogP contribution in [0.25, 0.3) is 0 Å². The SMILES string of the molecule is CNC(=O)[C@H](Cc1ccccc1)N(Cc1ccc(Br)cc1)C(=O)CSCc1ccc([N+](=O)[O-])cc1. The highest BCUT2D eigenvalue weighted by Crippen LogP contribution is 2.20. The van der Waals surface area contributed by atoms with E-state index in [1.165, 1.54) is 23.9 Å². The van der Waals surface area contributed by atoms with E-state index in [0.29, 0.717) is 18.7 Å². The van der Waals surface area contributed by atoms with Gasteiger partial charge in [0, 0.05) is 42.4 Å². The first kappa shape index (κ1) is 26.4. The molecule has 0 saturated heterocycles. The molecule has 0 aliphatic carbocycles. The predicted molar refractivity (Wildman–Crippen MR) is 142 cm³/mol. The van der Waals surface area contributed by atoms with Crippen LogP contribution in [0.4, 0.5) is 5.69 Å². The highest BCUT2D eigenvalue weighted by Gasteiger charge is 2.29. The first-order chi connectivity index (χ1) is 16.9. The maximum Gasteiger partial charge on any atom is 0.269 e. The molecule has 0 saturated carbocycles. The molecule has 1 N–H and O–H groups in total. The van der Waals surface area contributed by atoms with Gasteiger partial charge in [0.2, 0.25) is 11.8 Å². The minimum atomic E-state index is -0.668. The summed E-state index contributed by atoms with van der Waals surface area (Å²) in [6, 6.07) is 22.9. The molecule has 0 spiro atoms. The Kier molecular flexibility index (Phi) is 9.86. The Morgan fingerprint density at radius 1 is 0.971 bits per heavy atom. The molecule has 7 nitrogen and oxygen atoms in total. The molecule has 0 aromatic heterocycles. The first-order valence-corrected chi connectivity index (χ1v) is 12.9. The Labute approximate surface area is 217 Å². The molecule has 3 aromatic carbocycles. The molecule has 1 atom stereocenters. The number of carbonyl (C=O) groups excluding carboxylic acids is 2. The van der Waals surface area contributed by atoms with E-state index in [1.807, 2.05) is 54.6 Å². The average Bonchev–Trinajstić information content (AvgIpc) is 2.87.